The molecule has 0 fully saturated rings. The van der Waals surface area contributed by atoms with Crippen LogP contribution in [-0.2, 0) is 15.4 Å². The van der Waals surface area contributed by atoms with Crippen LogP contribution >= 0.6 is 0 Å². The molecule has 3 aromatic carbocycles. The Hall–Kier alpha value is -2.69. The molecule has 1 N–H and O–H groups in total. The summed E-state index contributed by atoms with van der Waals surface area (Å²) in [6.07, 6.45) is 2.29. The predicted molar refractivity (Wildman–Crippen MR) is 110 cm³/mol. The molecular weight excluding hydrogens is 368 g/mol. The average molecular weight is 391 g/mol. The van der Waals surface area contributed by atoms with Crippen LogP contribution in [0.25, 0.3) is 0 Å². The molecule has 142 valence electrons. The molecule has 1 aliphatic rings. The molecule has 3 aromatic rings. The van der Waals surface area contributed by atoms with Crippen molar-refractivity contribution in [3.63, 3.8) is 0 Å². The Morgan fingerprint density at radius 3 is 1.93 bits per heavy atom. The highest BCUT2D eigenvalue weighted by Gasteiger charge is 2.41. The minimum atomic E-state index is -3.64. The third-order valence-corrected chi connectivity index (χ3v) is 7.37. The number of rotatable bonds is 4. The largest absolute Gasteiger partial charge is 0.385 e. The molecule has 0 bridgehead atoms. The number of benzene rings is 3. The fourth-order valence-electron chi connectivity index (χ4n) is 3.92. The van der Waals surface area contributed by atoms with Crippen LogP contribution < -0.4 is 0 Å². The summed E-state index contributed by atoms with van der Waals surface area (Å²) in [6, 6.07) is 27.6. The molecule has 0 aliphatic heterocycles. The highest BCUT2D eigenvalue weighted by molar-refractivity contribution is 7.95. The van der Waals surface area contributed by atoms with E-state index in [1.807, 2.05) is 60.7 Å². The Morgan fingerprint density at radius 1 is 0.786 bits per heavy atom. The second kappa shape index (κ2) is 7.38. The molecule has 0 heterocycles. The van der Waals surface area contributed by atoms with E-state index in [1.54, 1.807) is 36.4 Å². The maximum absolute atomic E-state index is 13.4. The van der Waals surface area contributed by atoms with Crippen molar-refractivity contribution in [2.45, 2.75) is 29.3 Å². The first kappa shape index (κ1) is 18.7. The van der Waals surface area contributed by atoms with Crippen molar-refractivity contribution < 1.29 is 13.5 Å². The molecule has 0 saturated heterocycles. The summed E-state index contributed by atoms with van der Waals surface area (Å²) in [5.74, 6) is -0.412. The normalized spacial score (nSPS) is 22.5. The highest BCUT2D eigenvalue weighted by atomic mass is 32.2. The van der Waals surface area contributed by atoms with Crippen LogP contribution in [0.5, 0.6) is 0 Å². The Balaban J connectivity index is 1.83. The zero-order valence-corrected chi connectivity index (χ0v) is 16.2. The molecule has 3 nitrogen and oxygen atoms in total. The molecule has 0 amide bonds. The Bertz CT molecular complexity index is 1070. The van der Waals surface area contributed by atoms with Crippen molar-refractivity contribution in [2.75, 3.05) is 0 Å². The molecule has 1 aliphatic carbocycles. The first-order chi connectivity index (χ1) is 13.5. The third-order valence-electron chi connectivity index (χ3n) is 5.40. The minimum absolute atomic E-state index is 0.266. The smallest absolute Gasteiger partial charge is 0.203 e. The standard InChI is InChI=1S/C24H22O3S/c25-24(20-12-6-2-7-13-20)17-16-23(22(18-24)19-10-4-1-5-11-19)28(26,27)21-14-8-3-9-15-21/h1-16,22,25H,17-18H2/t22-,24-/m0/s1. The van der Waals surface area contributed by atoms with Crippen molar-refractivity contribution in [3.05, 3.63) is 113 Å². The Labute approximate surface area is 165 Å². The monoisotopic (exact) mass is 390 g/mol. The molecule has 0 unspecified atom stereocenters. The van der Waals surface area contributed by atoms with E-state index in [0.29, 0.717) is 11.3 Å². The molecule has 4 heteroatoms. The Kier molecular flexibility index (Phi) is 4.92. The van der Waals surface area contributed by atoms with Gasteiger partial charge in [-0.2, -0.15) is 0 Å². The van der Waals surface area contributed by atoms with Gasteiger partial charge >= 0.3 is 0 Å². The fourth-order valence-corrected chi connectivity index (χ4v) is 5.60. The quantitative estimate of drug-likeness (QED) is 0.696. The molecule has 0 aromatic heterocycles. The molecular formula is C24H22O3S. The van der Waals surface area contributed by atoms with Gasteiger partial charge < -0.3 is 5.11 Å². The SMILES string of the molecule is O=S(=O)(C1=CC[C@@](O)(c2ccccc2)C[C@H]1c1ccccc1)c1ccccc1. The maximum Gasteiger partial charge on any atom is 0.203 e. The number of allylic oxidation sites excluding steroid dienone is 1. The van der Waals surface area contributed by atoms with E-state index in [1.165, 1.54) is 0 Å². The van der Waals surface area contributed by atoms with E-state index < -0.39 is 21.4 Å². The van der Waals surface area contributed by atoms with Crippen LogP contribution in [0.3, 0.4) is 0 Å². The zero-order chi connectivity index (χ0) is 19.6. The summed E-state index contributed by atoms with van der Waals surface area (Å²) in [5, 5.41) is 11.4. The van der Waals surface area contributed by atoms with Gasteiger partial charge in [0, 0.05) is 5.92 Å². The van der Waals surface area contributed by atoms with Gasteiger partial charge in [-0.15, -0.1) is 0 Å². The summed E-state index contributed by atoms with van der Waals surface area (Å²) < 4.78 is 26.7. The lowest BCUT2D eigenvalue weighted by atomic mass is 9.76. The molecule has 0 saturated carbocycles. The van der Waals surface area contributed by atoms with Crippen molar-refractivity contribution >= 4 is 9.84 Å². The first-order valence-corrected chi connectivity index (χ1v) is 10.8. The van der Waals surface area contributed by atoms with Crippen LogP contribution in [-0.4, -0.2) is 13.5 Å². The van der Waals surface area contributed by atoms with Crippen molar-refractivity contribution in [3.8, 4) is 0 Å². The van der Waals surface area contributed by atoms with E-state index in [9.17, 15) is 13.5 Å². The number of aliphatic hydroxyl groups is 1. The van der Waals surface area contributed by atoms with Gasteiger partial charge in [-0.3, -0.25) is 0 Å². The zero-order valence-electron chi connectivity index (χ0n) is 15.4. The second-order valence-electron chi connectivity index (χ2n) is 7.19. The van der Waals surface area contributed by atoms with Gasteiger partial charge in [0.05, 0.1) is 15.4 Å². The summed E-state index contributed by atoms with van der Waals surface area (Å²) in [7, 11) is -3.64. The summed E-state index contributed by atoms with van der Waals surface area (Å²) in [5.41, 5.74) is 0.600. The molecule has 4 rings (SSSR count). The van der Waals surface area contributed by atoms with Crippen molar-refractivity contribution in [2.24, 2.45) is 0 Å². The van der Waals surface area contributed by atoms with Gasteiger partial charge in [-0.05, 0) is 36.1 Å². The summed E-state index contributed by atoms with van der Waals surface area (Å²) >= 11 is 0. The number of sulfone groups is 1. The minimum Gasteiger partial charge on any atom is -0.385 e. The van der Waals surface area contributed by atoms with Crippen LogP contribution in [0.2, 0.25) is 0 Å². The van der Waals surface area contributed by atoms with E-state index >= 15 is 0 Å². The van der Waals surface area contributed by atoms with Gasteiger partial charge in [-0.25, -0.2) is 8.42 Å². The van der Waals surface area contributed by atoms with Gasteiger partial charge in [0.15, 0.2) is 0 Å². The van der Waals surface area contributed by atoms with Crippen LogP contribution in [0, 0.1) is 0 Å². The van der Waals surface area contributed by atoms with Crippen LogP contribution in [0.15, 0.2) is 107 Å². The molecule has 2 atom stereocenters. The summed E-state index contributed by atoms with van der Waals surface area (Å²) in [4.78, 5) is 0.651. The molecule has 0 spiro atoms. The topological polar surface area (TPSA) is 54.4 Å². The van der Waals surface area contributed by atoms with Gasteiger partial charge in [0.2, 0.25) is 9.84 Å². The first-order valence-electron chi connectivity index (χ1n) is 9.34. The van der Waals surface area contributed by atoms with Crippen molar-refractivity contribution in [1.82, 2.24) is 0 Å². The van der Waals surface area contributed by atoms with E-state index in [4.69, 9.17) is 0 Å². The molecule has 28 heavy (non-hydrogen) atoms. The van der Waals surface area contributed by atoms with Crippen LogP contribution in [0.4, 0.5) is 0 Å². The van der Waals surface area contributed by atoms with Gasteiger partial charge in [0.1, 0.15) is 0 Å². The van der Waals surface area contributed by atoms with Gasteiger partial charge in [0.25, 0.3) is 0 Å². The number of hydrogen-bond donors (Lipinski definition) is 1. The van der Waals surface area contributed by atoms with Crippen LogP contribution in [0.1, 0.15) is 29.9 Å². The highest BCUT2D eigenvalue weighted by Crippen LogP contribution is 2.47. The Morgan fingerprint density at radius 2 is 1.32 bits per heavy atom. The van der Waals surface area contributed by atoms with E-state index in [0.717, 1.165) is 11.1 Å². The third kappa shape index (κ3) is 3.41. The average Bonchev–Trinajstić information content (AvgIpc) is 2.75. The summed E-state index contributed by atoms with van der Waals surface area (Å²) in [6.45, 7) is 0. The maximum atomic E-state index is 13.4. The number of hydrogen-bond acceptors (Lipinski definition) is 3. The lowest BCUT2D eigenvalue weighted by molar-refractivity contribution is 0.0216. The van der Waals surface area contributed by atoms with E-state index in [-0.39, 0.29) is 11.3 Å². The van der Waals surface area contributed by atoms with Crippen molar-refractivity contribution in [1.29, 1.82) is 0 Å². The lowest BCUT2D eigenvalue weighted by Gasteiger charge is -2.37. The fraction of sp³-hybridized carbons (Fsp3) is 0.167. The van der Waals surface area contributed by atoms with E-state index in [2.05, 4.69) is 0 Å². The lowest BCUT2D eigenvalue weighted by Crippen LogP contribution is -2.33. The molecule has 0 radical (unpaired) electrons. The predicted octanol–water partition coefficient (Wildman–Crippen LogP) is 4.81. The van der Waals surface area contributed by atoms with Gasteiger partial charge in [-0.1, -0.05) is 84.9 Å². The second-order valence-corrected chi connectivity index (χ2v) is 9.14.